The number of hydrogen-bond donors (Lipinski definition) is 3. The van der Waals surface area contributed by atoms with Crippen LogP contribution in [0.3, 0.4) is 0 Å². The maximum absolute atomic E-state index is 11.2. The lowest BCUT2D eigenvalue weighted by molar-refractivity contribution is -0.0809. The third-order valence-corrected chi connectivity index (χ3v) is 16.3. The lowest BCUT2D eigenvalue weighted by atomic mass is 9.47. The van der Waals surface area contributed by atoms with Crippen molar-refractivity contribution in [2.24, 2.45) is 40.4 Å². The molecule has 4 aliphatic carbocycles. The quantitative estimate of drug-likeness (QED) is 0.329. The molecule has 3 saturated carbocycles. The Bertz CT molecular complexity index is 787. The molecule has 10 atom stereocenters. The summed E-state index contributed by atoms with van der Waals surface area (Å²) >= 11 is 0. The lowest BCUT2D eigenvalue weighted by Gasteiger charge is -2.59. The summed E-state index contributed by atoms with van der Waals surface area (Å²) in [5.41, 5.74) is 1.95. The molecule has 0 spiro atoms. The smallest absolute Gasteiger partial charge is 0.192 e. The summed E-state index contributed by atoms with van der Waals surface area (Å²) < 4.78 is 6.87. The minimum Gasteiger partial charge on any atom is -0.414 e. The predicted molar refractivity (Wildman–Crippen MR) is 141 cm³/mol. The van der Waals surface area contributed by atoms with Crippen molar-refractivity contribution in [2.45, 2.75) is 123 Å². The Hall–Kier alpha value is -0.203. The largest absolute Gasteiger partial charge is 0.414 e. The Morgan fingerprint density at radius 1 is 1.15 bits per heavy atom. The second kappa shape index (κ2) is 8.97. The van der Waals surface area contributed by atoms with Crippen molar-refractivity contribution >= 4 is 8.32 Å². The molecule has 0 radical (unpaired) electrons. The third kappa shape index (κ3) is 4.19. The molecule has 0 heterocycles. The van der Waals surface area contributed by atoms with Gasteiger partial charge in [-0.2, -0.15) is 0 Å². The standard InChI is InChI=1S/C29H52O4Si/c1-18(25(32)17-30)26-24(31)16-23-21-10-9-19-15-20(33-34(7,8)27(2,3)4)11-13-28(19,5)22(21)12-14-29(23,26)6/h9,18,20-26,30-32H,10-17H2,1-8H3/t18-,20+,21-,22+,23+,24?,25?,26+,28+,29+/m1/s1. The van der Waals surface area contributed by atoms with Crippen LogP contribution in [0.4, 0.5) is 0 Å². The van der Waals surface area contributed by atoms with Gasteiger partial charge in [0.15, 0.2) is 8.32 Å². The number of fused-ring (bicyclic) bond motifs is 5. The Labute approximate surface area is 209 Å². The summed E-state index contributed by atoms with van der Waals surface area (Å²) in [6.45, 7) is 18.5. The zero-order chi connectivity index (χ0) is 25.3. The number of allylic oxidation sites excluding steroid dienone is 1. The predicted octanol–water partition coefficient (Wildman–Crippen LogP) is 5.92. The average molecular weight is 493 g/mol. The van der Waals surface area contributed by atoms with Crippen molar-refractivity contribution in [1.82, 2.24) is 0 Å². The van der Waals surface area contributed by atoms with Gasteiger partial charge in [0, 0.05) is 6.10 Å². The molecule has 4 nitrogen and oxygen atoms in total. The first-order chi connectivity index (χ1) is 15.7. The average Bonchev–Trinajstić information content (AvgIpc) is 3.01. The van der Waals surface area contributed by atoms with Gasteiger partial charge in [-0.25, -0.2) is 0 Å². The van der Waals surface area contributed by atoms with Crippen molar-refractivity contribution in [3.8, 4) is 0 Å². The highest BCUT2D eigenvalue weighted by atomic mass is 28.4. The van der Waals surface area contributed by atoms with Crippen LogP contribution in [0.1, 0.15) is 86.5 Å². The summed E-state index contributed by atoms with van der Waals surface area (Å²) in [5, 5.41) is 31.4. The molecule has 0 bridgehead atoms. The monoisotopic (exact) mass is 492 g/mol. The van der Waals surface area contributed by atoms with Gasteiger partial charge in [0.25, 0.3) is 0 Å². The van der Waals surface area contributed by atoms with Gasteiger partial charge in [0.05, 0.1) is 18.8 Å². The molecule has 3 fully saturated rings. The Morgan fingerprint density at radius 2 is 1.82 bits per heavy atom. The van der Waals surface area contributed by atoms with E-state index < -0.39 is 14.4 Å². The normalized spacial score (nSPS) is 44.5. The molecule has 34 heavy (non-hydrogen) atoms. The van der Waals surface area contributed by atoms with Crippen LogP contribution in [0.5, 0.6) is 0 Å². The Morgan fingerprint density at radius 3 is 2.44 bits per heavy atom. The summed E-state index contributed by atoms with van der Waals surface area (Å²) in [6, 6.07) is 0. The summed E-state index contributed by atoms with van der Waals surface area (Å²) in [6.07, 6.45) is 9.59. The van der Waals surface area contributed by atoms with Crippen molar-refractivity contribution < 1.29 is 19.7 Å². The van der Waals surface area contributed by atoms with Crippen molar-refractivity contribution in [3.05, 3.63) is 11.6 Å². The van der Waals surface area contributed by atoms with Crippen LogP contribution in [0.2, 0.25) is 18.1 Å². The van der Waals surface area contributed by atoms with E-state index in [2.05, 4.69) is 53.8 Å². The van der Waals surface area contributed by atoms with Crippen molar-refractivity contribution in [3.63, 3.8) is 0 Å². The highest BCUT2D eigenvalue weighted by molar-refractivity contribution is 6.74. The minimum atomic E-state index is -1.77. The third-order valence-electron chi connectivity index (χ3n) is 11.8. The van der Waals surface area contributed by atoms with Gasteiger partial charge in [-0.1, -0.05) is 53.2 Å². The number of hydrogen-bond acceptors (Lipinski definition) is 4. The van der Waals surface area contributed by atoms with E-state index in [1.165, 1.54) is 12.8 Å². The SMILES string of the molecule is C[C@H](C(O)CO)[C@H]1C(O)C[C@H]2[C@@H]3CC=C4C[C@@H](O[Si](C)(C)C(C)(C)C)CC[C@]4(C)[C@H]3CC[C@]12C. The molecule has 0 aromatic carbocycles. The van der Waals surface area contributed by atoms with Gasteiger partial charge in [-0.05, 0) is 103 Å². The highest BCUT2D eigenvalue weighted by Gasteiger charge is 2.62. The zero-order valence-corrected chi connectivity index (χ0v) is 24.1. The van der Waals surface area contributed by atoms with Crippen LogP contribution in [0.15, 0.2) is 11.6 Å². The summed E-state index contributed by atoms with van der Waals surface area (Å²) in [7, 11) is -1.77. The van der Waals surface area contributed by atoms with E-state index >= 15 is 0 Å². The van der Waals surface area contributed by atoms with Gasteiger partial charge in [-0.3, -0.25) is 0 Å². The Balaban J connectivity index is 1.54. The van der Waals surface area contributed by atoms with Gasteiger partial charge in [0.2, 0.25) is 0 Å². The first kappa shape index (κ1) is 26.8. The van der Waals surface area contributed by atoms with E-state index in [-0.39, 0.29) is 40.4 Å². The van der Waals surface area contributed by atoms with Gasteiger partial charge >= 0.3 is 0 Å². The van der Waals surface area contributed by atoms with Crippen LogP contribution >= 0.6 is 0 Å². The van der Waals surface area contributed by atoms with Gasteiger partial charge in [-0.15, -0.1) is 0 Å². The molecule has 0 saturated heterocycles. The molecule has 2 unspecified atom stereocenters. The fourth-order valence-corrected chi connectivity index (χ4v) is 10.1. The fraction of sp³-hybridized carbons (Fsp3) is 0.931. The maximum Gasteiger partial charge on any atom is 0.192 e. The van der Waals surface area contributed by atoms with Crippen LogP contribution in [0, 0.1) is 40.4 Å². The molecule has 196 valence electrons. The second-order valence-corrected chi connectivity index (χ2v) is 19.2. The first-order valence-corrected chi connectivity index (χ1v) is 16.9. The van der Waals surface area contributed by atoms with Crippen LogP contribution in [-0.2, 0) is 4.43 Å². The van der Waals surface area contributed by atoms with E-state index in [0.29, 0.717) is 23.9 Å². The van der Waals surface area contributed by atoms with E-state index in [1.54, 1.807) is 5.57 Å². The number of rotatable bonds is 5. The number of aliphatic hydroxyl groups is 3. The molecule has 4 rings (SSSR count). The fourth-order valence-electron chi connectivity index (χ4n) is 8.73. The molecule has 0 aromatic rings. The minimum absolute atomic E-state index is 0.0422. The molecule has 0 amide bonds. The van der Waals surface area contributed by atoms with E-state index in [0.717, 1.165) is 32.1 Å². The van der Waals surface area contributed by atoms with Crippen molar-refractivity contribution in [2.75, 3.05) is 6.61 Å². The van der Waals surface area contributed by atoms with Crippen LogP contribution < -0.4 is 0 Å². The number of aliphatic hydroxyl groups excluding tert-OH is 3. The van der Waals surface area contributed by atoms with Crippen LogP contribution in [-0.4, -0.2) is 48.6 Å². The Kier molecular flexibility index (Phi) is 7.08. The summed E-state index contributed by atoms with van der Waals surface area (Å²) in [4.78, 5) is 0. The topological polar surface area (TPSA) is 69.9 Å². The van der Waals surface area contributed by atoms with Crippen LogP contribution in [0.25, 0.3) is 0 Å². The van der Waals surface area contributed by atoms with Gasteiger partial charge < -0.3 is 19.7 Å². The first-order valence-electron chi connectivity index (χ1n) is 14.0. The summed E-state index contributed by atoms with van der Waals surface area (Å²) in [5.74, 6) is 1.77. The van der Waals surface area contributed by atoms with E-state index in [4.69, 9.17) is 4.43 Å². The molecule has 4 aliphatic rings. The van der Waals surface area contributed by atoms with E-state index in [9.17, 15) is 15.3 Å². The molecule has 0 aromatic heterocycles. The lowest BCUT2D eigenvalue weighted by Crippen LogP contribution is -2.52. The van der Waals surface area contributed by atoms with E-state index in [1.807, 2.05) is 6.92 Å². The molecule has 3 N–H and O–H groups in total. The molecule has 0 aliphatic heterocycles. The maximum atomic E-state index is 11.2. The van der Waals surface area contributed by atoms with Crippen molar-refractivity contribution in [1.29, 1.82) is 0 Å². The zero-order valence-electron chi connectivity index (χ0n) is 23.1. The van der Waals surface area contributed by atoms with Gasteiger partial charge in [0.1, 0.15) is 0 Å². The highest BCUT2D eigenvalue weighted by Crippen LogP contribution is 2.67. The molecule has 5 heteroatoms. The molecular weight excluding hydrogens is 440 g/mol. The molecular formula is C29H52O4Si. The second-order valence-electron chi connectivity index (χ2n) is 14.5.